The minimum atomic E-state index is -0.314. The van der Waals surface area contributed by atoms with Gasteiger partial charge in [0.25, 0.3) is 0 Å². The minimum absolute atomic E-state index is 0.314. The largest absolute Gasteiger partial charge is 0.489 e. The van der Waals surface area contributed by atoms with Gasteiger partial charge >= 0.3 is 5.97 Å². The maximum absolute atomic E-state index is 11.6. The van der Waals surface area contributed by atoms with Gasteiger partial charge in [0, 0.05) is 0 Å². The molecule has 3 nitrogen and oxygen atoms in total. The molecule has 0 saturated heterocycles. The average Bonchev–Trinajstić information content (AvgIpc) is 2.68. The maximum Gasteiger partial charge on any atom is 0.338 e. The Kier molecular flexibility index (Phi) is 5.47. The summed E-state index contributed by atoms with van der Waals surface area (Å²) in [5, 5.41) is 0. The van der Waals surface area contributed by atoms with Crippen molar-refractivity contribution in [3.8, 4) is 16.9 Å². The van der Waals surface area contributed by atoms with E-state index in [1.165, 1.54) is 11.1 Å². The fourth-order valence-electron chi connectivity index (χ4n) is 2.49. The van der Waals surface area contributed by atoms with Crippen molar-refractivity contribution in [2.24, 2.45) is 0 Å². The molecule has 0 heterocycles. The molecular weight excluding hydrogens is 312 g/mol. The monoisotopic (exact) mass is 332 g/mol. The topological polar surface area (TPSA) is 35.5 Å². The first-order chi connectivity index (χ1) is 12.3. The number of esters is 1. The number of carbonyl (C=O) groups is 1. The van der Waals surface area contributed by atoms with E-state index >= 15 is 0 Å². The molecule has 0 aliphatic carbocycles. The second kappa shape index (κ2) is 8.15. The van der Waals surface area contributed by atoms with Crippen molar-refractivity contribution in [2.75, 3.05) is 6.61 Å². The van der Waals surface area contributed by atoms with Gasteiger partial charge in [-0.1, -0.05) is 54.6 Å². The molecule has 0 spiro atoms. The van der Waals surface area contributed by atoms with Crippen LogP contribution in [0.5, 0.6) is 5.75 Å². The van der Waals surface area contributed by atoms with Crippen LogP contribution in [0.2, 0.25) is 0 Å². The zero-order chi connectivity index (χ0) is 17.5. The summed E-state index contributed by atoms with van der Waals surface area (Å²) in [7, 11) is 0. The third-order valence-corrected chi connectivity index (χ3v) is 3.83. The van der Waals surface area contributed by atoms with Gasteiger partial charge in [-0.05, 0) is 47.9 Å². The Balaban J connectivity index is 1.59. The summed E-state index contributed by atoms with van der Waals surface area (Å²) in [6.07, 6.45) is 0. The van der Waals surface area contributed by atoms with Crippen molar-refractivity contribution in [2.45, 2.75) is 13.5 Å². The van der Waals surface area contributed by atoms with Crippen LogP contribution in [0.3, 0.4) is 0 Å². The van der Waals surface area contributed by atoms with Crippen LogP contribution in [0.15, 0.2) is 78.9 Å². The molecule has 3 rings (SSSR count). The Labute approximate surface area is 147 Å². The van der Waals surface area contributed by atoms with Gasteiger partial charge in [-0.2, -0.15) is 0 Å². The van der Waals surface area contributed by atoms with E-state index in [0.29, 0.717) is 18.8 Å². The first-order valence-corrected chi connectivity index (χ1v) is 8.30. The van der Waals surface area contributed by atoms with E-state index < -0.39 is 0 Å². The molecule has 0 aliphatic rings. The van der Waals surface area contributed by atoms with Crippen LogP contribution in [-0.2, 0) is 11.3 Å². The lowest BCUT2D eigenvalue weighted by molar-refractivity contribution is 0.0526. The lowest BCUT2D eigenvalue weighted by Crippen LogP contribution is -2.04. The van der Waals surface area contributed by atoms with Crippen molar-refractivity contribution in [1.82, 2.24) is 0 Å². The van der Waals surface area contributed by atoms with E-state index in [2.05, 4.69) is 36.4 Å². The van der Waals surface area contributed by atoms with Crippen LogP contribution in [0.4, 0.5) is 0 Å². The number of hydrogen-bond acceptors (Lipinski definition) is 3. The Morgan fingerprint density at radius 3 is 2.08 bits per heavy atom. The molecule has 0 atom stereocenters. The molecule has 0 saturated carbocycles. The summed E-state index contributed by atoms with van der Waals surface area (Å²) in [5.74, 6) is 0.408. The highest BCUT2D eigenvalue weighted by atomic mass is 16.5. The first kappa shape index (κ1) is 16.8. The molecule has 0 aromatic heterocycles. The van der Waals surface area contributed by atoms with Gasteiger partial charge in [-0.15, -0.1) is 0 Å². The van der Waals surface area contributed by atoms with Gasteiger partial charge < -0.3 is 9.47 Å². The molecule has 0 bridgehead atoms. The van der Waals surface area contributed by atoms with Crippen LogP contribution < -0.4 is 4.74 Å². The van der Waals surface area contributed by atoms with Gasteiger partial charge in [0.2, 0.25) is 0 Å². The molecule has 0 radical (unpaired) electrons. The van der Waals surface area contributed by atoms with E-state index in [9.17, 15) is 4.79 Å². The Hall–Kier alpha value is -3.07. The number of carbonyl (C=O) groups excluding carboxylic acids is 1. The van der Waals surface area contributed by atoms with Gasteiger partial charge in [0.15, 0.2) is 0 Å². The van der Waals surface area contributed by atoms with Crippen molar-refractivity contribution in [3.05, 3.63) is 90.0 Å². The SMILES string of the molecule is CCOC(=O)c1ccc(OCc2ccc(-c3ccccc3)cc2)cc1. The van der Waals surface area contributed by atoms with Crippen LogP contribution in [-0.4, -0.2) is 12.6 Å². The number of ether oxygens (including phenoxy) is 2. The molecule has 0 amide bonds. The number of rotatable bonds is 6. The van der Waals surface area contributed by atoms with Gasteiger partial charge in [-0.3, -0.25) is 0 Å². The van der Waals surface area contributed by atoms with Crippen LogP contribution >= 0.6 is 0 Å². The molecule has 3 aromatic rings. The normalized spacial score (nSPS) is 10.3. The second-order valence-corrected chi connectivity index (χ2v) is 5.60. The highest BCUT2D eigenvalue weighted by Gasteiger charge is 2.06. The summed E-state index contributed by atoms with van der Waals surface area (Å²) < 4.78 is 10.7. The predicted octanol–water partition coefficient (Wildman–Crippen LogP) is 5.11. The fraction of sp³-hybridized carbons (Fsp3) is 0.136. The molecule has 0 fully saturated rings. The first-order valence-electron chi connectivity index (χ1n) is 8.30. The number of hydrogen-bond donors (Lipinski definition) is 0. The second-order valence-electron chi connectivity index (χ2n) is 5.60. The summed E-state index contributed by atoms with van der Waals surface area (Å²) in [6.45, 7) is 2.64. The van der Waals surface area contributed by atoms with E-state index in [-0.39, 0.29) is 5.97 Å². The minimum Gasteiger partial charge on any atom is -0.489 e. The molecule has 0 N–H and O–H groups in total. The van der Waals surface area contributed by atoms with Gasteiger partial charge in [0.1, 0.15) is 12.4 Å². The van der Waals surface area contributed by atoms with Crippen LogP contribution in [0.1, 0.15) is 22.8 Å². The van der Waals surface area contributed by atoms with E-state index in [1.54, 1.807) is 31.2 Å². The summed E-state index contributed by atoms with van der Waals surface area (Å²) in [6, 6.07) is 25.6. The smallest absolute Gasteiger partial charge is 0.338 e. The Morgan fingerprint density at radius 2 is 1.44 bits per heavy atom. The van der Waals surface area contributed by atoms with Gasteiger partial charge in [-0.25, -0.2) is 4.79 Å². The molecule has 0 aliphatic heterocycles. The zero-order valence-electron chi connectivity index (χ0n) is 14.1. The summed E-state index contributed by atoms with van der Waals surface area (Å²) in [5.41, 5.74) is 4.00. The lowest BCUT2D eigenvalue weighted by atomic mass is 10.0. The van der Waals surface area contributed by atoms with Crippen molar-refractivity contribution in [1.29, 1.82) is 0 Å². The predicted molar refractivity (Wildman–Crippen MR) is 98.6 cm³/mol. The van der Waals surface area contributed by atoms with E-state index in [4.69, 9.17) is 9.47 Å². The third kappa shape index (κ3) is 4.48. The molecule has 25 heavy (non-hydrogen) atoms. The highest BCUT2D eigenvalue weighted by molar-refractivity contribution is 5.89. The summed E-state index contributed by atoms with van der Waals surface area (Å²) >= 11 is 0. The standard InChI is InChI=1S/C22H20O3/c1-2-24-22(23)20-12-14-21(15-13-20)25-16-17-8-10-19(11-9-17)18-6-4-3-5-7-18/h3-15H,2,16H2,1H3. The van der Waals surface area contributed by atoms with Crippen LogP contribution in [0, 0.1) is 0 Å². The van der Waals surface area contributed by atoms with Crippen molar-refractivity contribution < 1.29 is 14.3 Å². The van der Waals surface area contributed by atoms with Crippen molar-refractivity contribution in [3.63, 3.8) is 0 Å². The summed E-state index contributed by atoms with van der Waals surface area (Å²) in [4.78, 5) is 11.6. The fourth-order valence-corrected chi connectivity index (χ4v) is 2.49. The zero-order valence-corrected chi connectivity index (χ0v) is 14.1. The third-order valence-electron chi connectivity index (χ3n) is 3.83. The van der Waals surface area contributed by atoms with Crippen LogP contribution in [0.25, 0.3) is 11.1 Å². The lowest BCUT2D eigenvalue weighted by Gasteiger charge is -2.08. The quantitative estimate of drug-likeness (QED) is 0.589. The molecule has 126 valence electrons. The molecular formula is C22H20O3. The van der Waals surface area contributed by atoms with E-state index in [1.807, 2.05) is 18.2 Å². The Bertz CT molecular complexity index is 806. The molecule has 3 aromatic carbocycles. The average molecular weight is 332 g/mol. The molecule has 0 unspecified atom stereocenters. The van der Waals surface area contributed by atoms with E-state index in [0.717, 1.165) is 11.3 Å². The molecule has 3 heteroatoms. The van der Waals surface area contributed by atoms with Crippen molar-refractivity contribution >= 4 is 5.97 Å². The maximum atomic E-state index is 11.6. The highest BCUT2D eigenvalue weighted by Crippen LogP contribution is 2.20. The number of benzene rings is 3. The van der Waals surface area contributed by atoms with Gasteiger partial charge in [0.05, 0.1) is 12.2 Å². The Morgan fingerprint density at radius 1 is 0.800 bits per heavy atom.